The molecule has 0 aromatic heterocycles. The average Bonchev–Trinajstić information content (AvgIpc) is 2.24. The SMILES string of the molecule is C=CCN(c1cccc(F)c1C=O)C(C)(C)C. The molecule has 1 aromatic carbocycles. The van der Waals surface area contributed by atoms with Crippen molar-refractivity contribution in [2.75, 3.05) is 11.4 Å². The number of nitrogens with zero attached hydrogens (tertiary/aromatic N) is 1. The Labute approximate surface area is 102 Å². The minimum absolute atomic E-state index is 0.101. The molecule has 17 heavy (non-hydrogen) atoms. The van der Waals surface area contributed by atoms with E-state index in [2.05, 4.69) is 6.58 Å². The lowest BCUT2D eigenvalue weighted by Gasteiger charge is -2.37. The first-order chi connectivity index (χ1) is 7.91. The summed E-state index contributed by atoms with van der Waals surface area (Å²) in [6, 6.07) is 4.66. The van der Waals surface area contributed by atoms with Gasteiger partial charge in [-0.2, -0.15) is 0 Å². The first kappa shape index (κ1) is 13.4. The first-order valence-electron chi connectivity index (χ1n) is 5.54. The third-order valence-electron chi connectivity index (χ3n) is 2.56. The number of carbonyl (C=O) groups excluding carboxylic acids is 1. The average molecular weight is 235 g/mol. The van der Waals surface area contributed by atoms with E-state index >= 15 is 0 Å². The van der Waals surface area contributed by atoms with Crippen LogP contribution in [0, 0.1) is 5.82 Å². The lowest BCUT2D eigenvalue weighted by Crippen LogP contribution is -2.42. The van der Waals surface area contributed by atoms with Gasteiger partial charge >= 0.3 is 0 Å². The van der Waals surface area contributed by atoms with E-state index in [0.717, 1.165) is 0 Å². The summed E-state index contributed by atoms with van der Waals surface area (Å²) >= 11 is 0. The summed E-state index contributed by atoms with van der Waals surface area (Å²) in [4.78, 5) is 12.9. The van der Waals surface area contributed by atoms with Gasteiger partial charge in [-0.1, -0.05) is 12.1 Å². The van der Waals surface area contributed by atoms with Gasteiger partial charge in [0.05, 0.1) is 11.3 Å². The zero-order chi connectivity index (χ0) is 13.1. The summed E-state index contributed by atoms with van der Waals surface area (Å²) in [7, 11) is 0. The standard InChI is InChI=1S/C14H18FNO/c1-5-9-16(14(2,3)4)13-8-6-7-12(15)11(13)10-17/h5-8,10H,1,9H2,2-4H3. The molecule has 0 aliphatic carbocycles. The highest BCUT2D eigenvalue weighted by Crippen LogP contribution is 2.27. The molecule has 3 heteroatoms. The Morgan fingerprint density at radius 1 is 1.41 bits per heavy atom. The van der Waals surface area contributed by atoms with E-state index in [-0.39, 0.29) is 11.1 Å². The molecule has 0 spiro atoms. The number of benzene rings is 1. The summed E-state index contributed by atoms with van der Waals surface area (Å²) in [5, 5.41) is 0. The third-order valence-corrected chi connectivity index (χ3v) is 2.56. The van der Waals surface area contributed by atoms with Crippen LogP contribution in [0.25, 0.3) is 0 Å². The van der Waals surface area contributed by atoms with Crippen LogP contribution in [0.4, 0.5) is 10.1 Å². The van der Waals surface area contributed by atoms with Crippen LogP contribution in [-0.4, -0.2) is 18.4 Å². The molecule has 2 nitrogen and oxygen atoms in total. The van der Waals surface area contributed by atoms with Gasteiger partial charge in [-0.25, -0.2) is 4.39 Å². The second kappa shape index (κ2) is 5.13. The van der Waals surface area contributed by atoms with E-state index in [4.69, 9.17) is 0 Å². The zero-order valence-electron chi connectivity index (χ0n) is 10.5. The van der Waals surface area contributed by atoms with E-state index in [0.29, 0.717) is 18.5 Å². The van der Waals surface area contributed by atoms with Gasteiger partial charge in [0, 0.05) is 12.1 Å². The number of anilines is 1. The largest absolute Gasteiger partial charge is 0.362 e. The second-order valence-electron chi connectivity index (χ2n) is 4.86. The number of hydrogen-bond acceptors (Lipinski definition) is 2. The van der Waals surface area contributed by atoms with Crippen LogP contribution >= 0.6 is 0 Å². The molecule has 1 aromatic rings. The lowest BCUT2D eigenvalue weighted by atomic mass is 10.0. The molecule has 0 bridgehead atoms. The maximum Gasteiger partial charge on any atom is 0.155 e. The highest BCUT2D eigenvalue weighted by atomic mass is 19.1. The Bertz CT molecular complexity index is 421. The molecule has 0 heterocycles. The predicted molar refractivity (Wildman–Crippen MR) is 69.1 cm³/mol. The maximum atomic E-state index is 13.6. The quantitative estimate of drug-likeness (QED) is 0.588. The summed E-state index contributed by atoms with van der Waals surface area (Å²) in [6.07, 6.45) is 2.30. The van der Waals surface area contributed by atoms with Crippen LogP contribution < -0.4 is 4.90 Å². The van der Waals surface area contributed by atoms with Gasteiger partial charge < -0.3 is 4.90 Å². The van der Waals surface area contributed by atoms with Crippen molar-refractivity contribution in [2.24, 2.45) is 0 Å². The van der Waals surface area contributed by atoms with Gasteiger partial charge in [0.25, 0.3) is 0 Å². The monoisotopic (exact) mass is 235 g/mol. The number of carbonyl (C=O) groups is 1. The minimum Gasteiger partial charge on any atom is -0.362 e. The second-order valence-corrected chi connectivity index (χ2v) is 4.86. The van der Waals surface area contributed by atoms with Crippen molar-refractivity contribution >= 4 is 12.0 Å². The minimum atomic E-state index is -0.490. The van der Waals surface area contributed by atoms with Crippen LogP contribution in [0.1, 0.15) is 31.1 Å². The lowest BCUT2D eigenvalue weighted by molar-refractivity contribution is 0.112. The van der Waals surface area contributed by atoms with E-state index in [1.54, 1.807) is 18.2 Å². The van der Waals surface area contributed by atoms with Crippen molar-refractivity contribution in [3.05, 3.63) is 42.2 Å². The predicted octanol–water partition coefficient (Wildman–Crippen LogP) is 3.43. The number of aldehydes is 1. The fourth-order valence-electron chi connectivity index (χ4n) is 1.74. The summed E-state index contributed by atoms with van der Waals surface area (Å²) in [5.74, 6) is -0.490. The topological polar surface area (TPSA) is 20.3 Å². The van der Waals surface area contributed by atoms with Crippen molar-refractivity contribution in [1.82, 2.24) is 0 Å². The summed E-state index contributed by atoms with van der Waals surface area (Å²) in [6.45, 7) is 10.3. The molecule has 92 valence electrons. The highest BCUT2D eigenvalue weighted by Gasteiger charge is 2.23. The summed E-state index contributed by atoms with van der Waals surface area (Å²) < 4.78 is 13.6. The molecule has 0 fully saturated rings. The van der Waals surface area contributed by atoms with E-state index < -0.39 is 5.82 Å². The number of rotatable bonds is 4. The normalized spacial score (nSPS) is 11.1. The Morgan fingerprint density at radius 2 is 2.06 bits per heavy atom. The molecule has 0 amide bonds. The van der Waals surface area contributed by atoms with E-state index in [1.807, 2.05) is 25.7 Å². The molecule has 0 saturated carbocycles. The van der Waals surface area contributed by atoms with Crippen molar-refractivity contribution in [1.29, 1.82) is 0 Å². The first-order valence-corrected chi connectivity index (χ1v) is 5.54. The van der Waals surface area contributed by atoms with E-state index in [9.17, 15) is 9.18 Å². The van der Waals surface area contributed by atoms with Gasteiger partial charge in [-0.05, 0) is 32.9 Å². The molecule has 0 N–H and O–H groups in total. The molecule has 0 saturated heterocycles. The molecular formula is C14H18FNO. The van der Waals surface area contributed by atoms with Crippen LogP contribution in [0.15, 0.2) is 30.9 Å². The smallest absolute Gasteiger partial charge is 0.155 e. The van der Waals surface area contributed by atoms with Crippen molar-refractivity contribution < 1.29 is 9.18 Å². The van der Waals surface area contributed by atoms with Crippen molar-refractivity contribution in [3.63, 3.8) is 0 Å². The Morgan fingerprint density at radius 3 is 2.53 bits per heavy atom. The number of hydrogen-bond donors (Lipinski definition) is 0. The molecule has 0 atom stereocenters. The van der Waals surface area contributed by atoms with E-state index in [1.165, 1.54) is 6.07 Å². The molecule has 0 aliphatic heterocycles. The molecule has 0 aliphatic rings. The maximum absolute atomic E-state index is 13.6. The summed E-state index contributed by atoms with van der Waals surface area (Å²) in [5.41, 5.74) is 0.497. The zero-order valence-corrected chi connectivity index (χ0v) is 10.5. The van der Waals surface area contributed by atoms with Gasteiger partial charge in [0.1, 0.15) is 5.82 Å². The molecular weight excluding hydrogens is 217 g/mol. The fourth-order valence-corrected chi connectivity index (χ4v) is 1.74. The van der Waals surface area contributed by atoms with Gasteiger partial charge in [0.2, 0.25) is 0 Å². The van der Waals surface area contributed by atoms with Crippen LogP contribution in [0.2, 0.25) is 0 Å². The van der Waals surface area contributed by atoms with Crippen LogP contribution in [0.3, 0.4) is 0 Å². The fraction of sp³-hybridized carbons (Fsp3) is 0.357. The van der Waals surface area contributed by atoms with Crippen molar-refractivity contribution in [2.45, 2.75) is 26.3 Å². The number of halogens is 1. The van der Waals surface area contributed by atoms with Crippen molar-refractivity contribution in [3.8, 4) is 0 Å². The van der Waals surface area contributed by atoms with Crippen LogP contribution in [-0.2, 0) is 0 Å². The highest BCUT2D eigenvalue weighted by molar-refractivity contribution is 5.85. The molecule has 1 rings (SSSR count). The van der Waals surface area contributed by atoms with Gasteiger partial charge in [0.15, 0.2) is 6.29 Å². The Hall–Kier alpha value is -1.64. The Balaban J connectivity index is 3.32. The van der Waals surface area contributed by atoms with Crippen LogP contribution in [0.5, 0.6) is 0 Å². The third kappa shape index (κ3) is 2.93. The Kier molecular flexibility index (Phi) is 4.05. The van der Waals surface area contributed by atoms with Gasteiger partial charge in [-0.3, -0.25) is 4.79 Å². The molecule has 0 radical (unpaired) electrons. The molecule has 0 unspecified atom stereocenters. The van der Waals surface area contributed by atoms with Gasteiger partial charge in [-0.15, -0.1) is 6.58 Å².